The molecule has 0 atom stereocenters. The standard InChI is InChI=1S/C11H8N2O3S/c12-11-13-10(14)9(17-11)4-6-1-2-7-8(3-6)16-5-15-7/h1-4H,5H2,(H2,12,13,14)/b9-4+. The number of amides is 1. The molecule has 2 aliphatic rings. The summed E-state index contributed by atoms with van der Waals surface area (Å²) in [6.45, 7) is 0.231. The molecular weight excluding hydrogens is 240 g/mol. The van der Waals surface area contributed by atoms with Crippen LogP contribution in [0.1, 0.15) is 5.56 Å². The van der Waals surface area contributed by atoms with Crippen molar-refractivity contribution in [2.75, 3.05) is 6.79 Å². The molecule has 0 aromatic heterocycles. The third-order valence-electron chi connectivity index (χ3n) is 2.36. The van der Waals surface area contributed by atoms with E-state index < -0.39 is 0 Å². The van der Waals surface area contributed by atoms with Crippen molar-refractivity contribution in [1.29, 1.82) is 5.41 Å². The summed E-state index contributed by atoms with van der Waals surface area (Å²) in [7, 11) is 0. The lowest BCUT2D eigenvalue weighted by Crippen LogP contribution is -2.18. The minimum absolute atomic E-state index is 0.155. The Morgan fingerprint density at radius 3 is 2.94 bits per heavy atom. The van der Waals surface area contributed by atoms with Crippen molar-refractivity contribution in [3.63, 3.8) is 0 Å². The Hall–Kier alpha value is -1.95. The average Bonchev–Trinajstić information content (AvgIpc) is 2.85. The minimum atomic E-state index is -0.238. The largest absolute Gasteiger partial charge is 0.454 e. The van der Waals surface area contributed by atoms with Gasteiger partial charge < -0.3 is 14.8 Å². The summed E-state index contributed by atoms with van der Waals surface area (Å²) >= 11 is 1.11. The summed E-state index contributed by atoms with van der Waals surface area (Å²) in [5, 5.41) is 9.92. The summed E-state index contributed by atoms with van der Waals surface area (Å²) in [4.78, 5) is 11.9. The van der Waals surface area contributed by atoms with Crippen LogP contribution in [0.15, 0.2) is 23.1 Å². The van der Waals surface area contributed by atoms with Crippen molar-refractivity contribution in [3.05, 3.63) is 28.7 Å². The molecule has 0 bridgehead atoms. The van der Waals surface area contributed by atoms with Crippen LogP contribution < -0.4 is 14.8 Å². The van der Waals surface area contributed by atoms with E-state index in [1.807, 2.05) is 12.1 Å². The van der Waals surface area contributed by atoms with Crippen LogP contribution in [0.25, 0.3) is 6.08 Å². The van der Waals surface area contributed by atoms with E-state index in [4.69, 9.17) is 14.9 Å². The number of fused-ring (bicyclic) bond motifs is 1. The molecule has 1 aromatic carbocycles. The molecule has 1 amide bonds. The number of carbonyl (C=O) groups excluding carboxylic acids is 1. The Kier molecular flexibility index (Phi) is 2.29. The number of amidine groups is 1. The number of benzene rings is 1. The Morgan fingerprint density at radius 2 is 2.18 bits per heavy atom. The van der Waals surface area contributed by atoms with Gasteiger partial charge in [-0.05, 0) is 35.5 Å². The summed E-state index contributed by atoms with van der Waals surface area (Å²) in [6, 6.07) is 5.46. The molecule has 0 saturated carbocycles. The topological polar surface area (TPSA) is 71.4 Å². The molecule has 3 rings (SSSR count). The molecule has 2 heterocycles. The summed E-state index contributed by atoms with van der Waals surface area (Å²) in [5.74, 6) is 1.15. The Morgan fingerprint density at radius 1 is 1.35 bits per heavy atom. The number of nitrogens with one attached hydrogen (secondary N) is 2. The quantitative estimate of drug-likeness (QED) is 0.740. The van der Waals surface area contributed by atoms with Gasteiger partial charge in [0.05, 0.1) is 4.91 Å². The molecule has 2 N–H and O–H groups in total. The third-order valence-corrected chi connectivity index (χ3v) is 3.19. The summed E-state index contributed by atoms with van der Waals surface area (Å²) in [5.41, 5.74) is 0.849. The molecule has 17 heavy (non-hydrogen) atoms. The zero-order valence-electron chi connectivity index (χ0n) is 8.65. The van der Waals surface area contributed by atoms with Crippen LogP contribution >= 0.6 is 11.8 Å². The first kappa shape index (κ1) is 10.2. The minimum Gasteiger partial charge on any atom is -0.454 e. The Balaban J connectivity index is 1.93. The second kappa shape index (κ2) is 3.81. The van der Waals surface area contributed by atoms with Crippen molar-refractivity contribution in [2.24, 2.45) is 0 Å². The molecule has 5 nitrogen and oxygen atoms in total. The van der Waals surface area contributed by atoms with E-state index in [-0.39, 0.29) is 17.9 Å². The fraction of sp³-hybridized carbons (Fsp3) is 0.0909. The predicted octanol–water partition coefficient (Wildman–Crippen LogP) is 1.55. The van der Waals surface area contributed by atoms with Gasteiger partial charge in [-0.2, -0.15) is 0 Å². The maximum absolute atomic E-state index is 11.4. The molecule has 0 radical (unpaired) electrons. The van der Waals surface area contributed by atoms with Gasteiger partial charge in [-0.3, -0.25) is 10.2 Å². The number of ether oxygens (including phenoxy) is 2. The smallest absolute Gasteiger partial charge is 0.264 e. The first-order valence-corrected chi connectivity index (χ1v) is 5.73. The molecule has 86 valence electrons. The second-order valence-corrected chi connectivity index (χ2v) is 4.56. The number of carbonyl (C=O) groups is 1. The summed E-state index contributed by atoms with van der Waals surface area (Å²) < 4.78 is 10.5. The van der Waals surface area contributed by atoms with Crippen LogP contribution in [-0.4, -0.2) is 17.9 Å². The SMILES string of the molecule is N=C1NC(=O)/C(=C\c2ccc3c(c2)OCO3)S1. The monoisotopic (exact) mass is 248 g/mol. The number of hydrogen-bond donors (Lipinski definition) is 2. The number of rotatable bonds is 1. The van der Waals surface area contributed by atoms with Crippen LogP contribution in [0, 0.1) is 5.41 Å². The van der Waals surface area contributed by atoms with Crippen molar-refractivity contribution in [2.45, 2.75) is 0 Å². The fourth-order valence-electron chi connectivity index (χ4n) is 1.60. The molecule has 1 saturated heterocycles. The van der Waals surface area contributed by atoms with Crippen LogP contribution in [-0.2, 0) is 4.79 Å². The fourth-order valence-corrected chi connectivity index (χ4v) is 2.30. The first-order valence-electron chi connectivity index (χ1n) is 4.91. The van der Waals surface area contributed by atoms with Crippen molar-refractivity contribution in [3.8, 4) is 11.5 Å². The molecule has 1 fully saturated rings. The normalized spacial score (nSPS) is 19.9. The lowest BCUT2D eigenvalue weighted by Gasteiger charge is -1.98. The predicted molar refractivity (Wildman–Crippen MR) is 64.0 cm³/mol. The highest BCUT2D eigenvalue weighted by atomic mass is 32.2. The zero-order chi connectivity index (χ0) is 11.8. The molecule has 1 aromatic rings. The summed E-state index contributed by atoms with van der Waals surface area (Å²) in [6.07, 6.45) is 1.73. The first-order chi connectivity index (χ1) is 8.22. The molecule has 0 unspecified atom stereocenters. The van der Waals surface area contributed by atoms with Gasteiger partial charge in [0, 0.05) is 0 Å². The van der Waals surface area contributed by atoms with Crippen LogP contribution in [0.4, 0.5) is 0 Å². The number of thioether (sulfide) groups is 1. The third kappa shape index (κ3) is 1.87. The van der Waals surface area contributed by atoms with E-state index in [1.165, 1.54) is 0 Å². The maximum atomic E-state index is 11.4. The molecule has 0 aliphatic carbocycles. The molecular formula is C11H8N2O3S. The zero-order valence-corrected chi connectivity index (χ0v) is 9.47. The van der Waals surface area contributed by atoms with E-state index in [0.29, 0.717) is 16.4 Å². The average molecular weight is 248 g/mol. The van der Waals surface area contributed by atoms with Gasteiger partial charge in [-0.1, -0.05) is 6.07 Å². The van der Waals surface area contributed by atoms with E-state index in [0.717, 1.165) is 17.3 Å². The highest BCUT2D eigenvalue weighted by Gasteiger charge is 2.22. The second-order valence-electron chi connectivity index (χ2n) is 3.51. The van der Waals surface area contributed by atoms with E-state index in [9.17, 15) is 4.79 Å². The van der Waals surface area contributed by atoms with Gasteiger partial charge >= 0.3 is 0 Å². The van der Waals surface area contributed by atoms with Gasteiger partial charge in [0.15, 0.2) is 16.7 Å². The van der Waals surface area contributed by atoms with Crippen molar-refractivity contribution < 1.29 is 14.3 Å². The van der Waals surface area contributed by atoms with Crippen LogP contribution in [0.3, 0.4) is 0 Å². The molecule has 6 heteroatoms. The maximum Gasteiger partial charge on any atom is 0.264 e. The van der Waals surface area contributed by atoms with Crippen molar-refractivity contribution >= 4 is 28.9 Å². The van der Waals surface area contributed by atoms with Gasteiger partial charge in [0.2, 0.25) is 6.79 Å². The van der Waals surface area contributed by atoms with Crippen LogP contribution in [0.2, 0.25) is 0 Å². The van der Waals surface area contributed by atoms with Crippen molar-refractivity contribution in [1.82, 2.24) is 5.32 Å². The molecule has 2 aliphatic heterocycles. The van der Waals surface area contributed by atoms with E-state index >= 15 is 0 Å². The number of hydrogen-bond acceptors (Lipinski definition) is 5. The Bertz CT molecular complexity index is 554. The highest BCUT2D eigenvalue weighted by molar-refractivity contribution is 8.18. The highest BCUT2D eigenvalue weighted by Crippen LogP contribution is 2.34. The van der Waals surface area contributed by atoms with Gasteiger partial charge in [0.1, 0.15) is 0 Å². The van der Waals surface area contributed by atoms with E-state index in [1.54, 1.807) is 12.1 Å². The van der Waals surface area contributed by atoms with Crippen LogP contribution in [0.5, 0.6) is 11.5 Å². The van der Waals surface area contributed by atoms with E-state index in [2.05, 4.69) is 5.32 Å². The van der Waals surface area contributed by atoms with Gasteiger partial charge in [0.25, 0.3) is 5.91 Å². The van der Waals surface area contributed by atoms with Gasteiger partial charge in [-0.25, -0.2) is 0 Å². The van der Waals surface area contributed by atoms with Gasteiger partial charge in [-0.15, -0.1) is 0 Å². The lowest BCUT2D eigenvalue weighted by molar-refractivity contribution is -0.115. The molecule has 0 spiro atoms. The Labute approximate surface area is 101 Å². The lowest BCUT2D eigenvalue weighted by atomic mass is 10.2.